The number of anilines is 2. The van der Waals surface area contributed by atoms with Crippen LogP contribution in [0.15, 0.2) is 42.7 Å². The van der Waals surface area contributed by atoms with E-state index in [0.29, 0.717) is 30.5 Å². The van der Waals surface area contributed by atoms with Crippen LogP contribution in [0.4, 0.5) is 24.7 Å². The van der Waals surface area contributed by atoms with Gasteiger partial charge in [-0.25, -0.2) is 4.98 Å². The number of carbonyl (C=O) groups is 1. The first kappa shape index (κ1) is 22.4. The molecule has 0 radical (unpaired) electrons. The Balaban J connectivity index is 1.46. The third-order valence-corrected chi connectivity index (χ3v) is 6.59. The number of aromatic nitrogens is 2. The largest absolute Gasteiger partial charge is 0.397 e. The first-order chi connectivity index (χ1) is 16.2. The van der Waals surface area contributed by atoms with Crippen molar-refractivity contribution in [1.82, 2.24) is 14.9 Å². The van der Waals surface area contributed by atoms with Crippen LogP contribution in [0.3, 0.4) is 0 Å². The smallest absolute Gasteiger partial charge is 0.396 e. The number of pyridine rings is 2. The van der Waals surface area contributed by atoms with E-state index in [1.165, 1.54) is 4.90 Å². The SMILES string of the molecule is C[C@@H]1CN(c2nc(C3CC3)c(-c3cccc4cnccc34)cc2N)CCN1C(=O)CC(F)(F)F. The summed E-state index contributed by atoms with van der Waals surface area (Å²) in [4.78, 5) is 24.7. The van der Waals surface area contributed by atoms with Gasteiger partial charge in [-0.15, -0.1) is 0 Å². The van der Waals surface area contributed by atoms with Crippen LogP contribution in [0, 0.1) is 0 Å². The molecule has 9 heteroatoms. The van der Waals surface area contributed by atoms with E-state index in [4.69, 9.17) is 10.7 Å². The van der Waals surface area contributed by atoms with Crippen molar-refractivity contribution in [2.75, 3.05) is 30.3 Å². The van der Waals surface area contributed by atoms with Crippen LogP contribution >= 0.6 is 0 Å². The monoisotopic (exact) mass is 469 g/mol. The lowest BCUT2D eigenvalue weighted by Crippen LogP contribution is -2.55. The predicted molar refractivity (Wildman–Crippen MR) is 125 cm³/mol. The van der Waals surface area contributed by atoms with Crippen molar-refractivity contribution in [1.29, 1.82) is 0 Å². The fourth-order valence-corrected chi connectivity index (χ4v) is 4.82. The highest BCUT2D eigenvalue weighted by Gasteiger charge is 2.37. The molecule has 1 aromatic carbocycles. The van der Waals surface area contributed by atoms with Gasteiger partial charge in [0.05, 0.1) is 11.4 Å². The fraction of sp³-hybridized carbons (Fsp3) is 0.400. The summed E-state index contributed by atoms with van der Waals surface area (Å²) in [6.45, 7) is 2.73. The van der Waals surface area contributed by atoms with E-state index in [1.54, 1.807) is 13.1 Å². The summed E-state index contributed by atoms with van der Waals surface area (Å²) < 4.78 is 38.1. The zero-order valence-corrected chi connectivity index (χ0v) is 18.8. The molecule has 6 nitrogen and oxygen atoms in total. The molecule has 0 spiro atoms. The van der Waals surface area contributed by atoms with Gasteiger partial charge in [0.1, 0.15) is 6.42 Å². The Kier molecular flexibility index (Phi) is 5.58. The van der Waals surface area contributed by atoms with E-state index >= 15 is 0 Å². The standard InChI is InChI=1S/C25H26F3N5O/c1-15-14-32(9-10-33(15)22(34)12-25(26,27)28)24-21(29)11-20(23(31-24)16-5-6-16)19-4-2-3-17-13-30-8-7-18(17)19/h2-4,7-8,11,13,15-16H,5-6,9-10,12,14,29H2,1H3/t15-/m1/s1. The lowest BCUT2D eigenvalue weighted by Gasteiger charge is -2.41. The second kappa shape index (κ2) is 8.45. The van der Waals surface area contributed by atoms with Crippen molar-refractivity contribution >= 4 is 28.2 Å². The Morgan fingerprint density at radius 2 is 1.97 bits per heavy atom. The fourth-order valence-electron chi connectivity index (χ4n) is 4.82. The lowest BCUT2D eigenvalue weighted by molar-refractivity contribution is -0.163. The highest BCUT2D eigenvalue weighted by molar-refractivity contribution is 5.97. The molecule has 2 aliphatic rings. The Labute approximate surface area is 195 Å². The van der Waals surface area contributed by atoms with Gasteiger partial charge in [0, 0.05) is 54.9 Å². The molecule has 1 atom stereocenters. The minimum atomic E-state index is -4.51. The molecule has 1 saturated carbocycles. The third kappa shape index (κ3) is 4.38. The van der Waals surface area contributed by atoms with Crippen molar-refractivity contribution in [3.63, 3.8) is 0 Å². The van der Waals surface area contributed by atoms with Gasteiger partial charge in [-0.1, -0.05) is 18.2 Å². The maximum atomic E-state index is 12.7. The van der Waals surface area contributed by atoms with Crippen LogP contribution in [0.2, 0.25) is 0 Å². The number of rotatable bonds is 4. The first-order valence-corrected chi connectivity index (χ1v) is 11.5. The molecule has 5 rings (SSSR count). The minimum absolute atomic E-state index is 0.202. The third-order valence-electron chi connectivity index (χ3n) is 6.59. The number of nitrogens with two attached hydrogens (primary N) is 1. The summed E-state index contributed by atoms with van der Waals surface area (Å²) in [5.74, 6) is 0.112. The molecule has 3 heterocycles. The van der Waals surface area contributed by atoms with Crippen LogP contribution in [0.1, 0.15) is 37.8 Å². The van der Waals surface area contributed by atoms with Gasteiger partial charge in [0.15, 0.2) is 5.82 Å². The maximum Gasteiger partial charge on any atom is 0.397 e. The highest BCUT2D eigenvalue weighted by atomic mass is 19.4. The quantitative estimate of drug-likeness (QED) is 0.597. The van der Waals surface area contributed by atoms with Crippen molar-refractivity contribution < 1.29 is 18.0 Å². The summed E-state index contributed by atoms with van der Waals surface area (Å²) in [7, 11) is 0. The number of nitrogens with zero attached hydrogens (tertiary/aromatic N) is 4. The number of amides is 1. The molecule has 0 unspecified atom stereocenters. The Bertz CT molecular complexity index is 1240. The van der Waals surface area contributed by atoms with Gasteiger partial charge in [-0.2, -0.15) is 13.2 Å². The predicted octanol–water partition coefficient (Wildman–Crippen LogP) is 4.75. The molecule has 1 saturated heterocycles. The molecule has 178 valence electrons. The van der Waals surface area contributed by atoms with Gasteiger partial charge in [0.2, 0.25) is 5.91 Å². The van der Waals surface area contributed by atoms with Gasteiger partial charge >= 0.3 is 6.18 Å². The zero-order chi connectivity index (χ0) is 24.0. The van der Waals surface area contributed by atoms with E-state index in [1.807, 2.05) is 35.4 Å². The number of halogens is 3. The van der Waals surface area contributed by atoms with E-state index in [9.17, 15) is 18.0 Å². The second-order valence-corrected chi connectivity index (χ2v) is 9.18. The zero-order valence-electron chi connectivity index (χ0n) is 18.8. The first-order valence-electron chi connectivity index (χ1n) is 11.5. The summed E-state index contributed by atoms with van der Waals surface area (Å²) in [5.41, 5.74) is 10.1. The molecular formula is C25H26F3N5O. The molecule has 2 fully saturated rings. The molecule has 34 heavy (non-hydrogen) atoms. The lowest BCUT2D eigenvalue weighted by atomic mass is 9.96. The Morgan fingerprint density at radius 1 is 1.18 bits per heavy atom. The van der Waals surface area contributed by atoms with Crippen LogP contribution < -0.4 is 10.6 Å². The summed E-state index contributed by atoms with van der Waals surface area (Å²) in [6.07, 6.45) is -0.209. The maximum absolute atomic E-state index is 12.7. The normalized spacial score (nSPS) is 19.0. The molecule has 1 aliphatic heterocycles. The molecule has 2 N–H and O–H groups in total. The topological polar surface area (TPSA) is 75.4 Å². The van der Waals surface area contributed by atoms with Gasteiger partial charge in [-0.05, 0) is 42.8 Å². The molecule has 0 bridgehead atoms. The molecule has 1 aliphatic carbocycles. The van der Waals surface area contributed by atoms with Crippen LogP contribution in [-0.2, 0) is 4.79 Å². The van der Waals surface area contributed by atoms with Crippen LogP contribution in [0.25, 0.3) is 21.9 Å². The van der Waals surface area contributed by atoms with Gasteiger partial charge in [-0.3, -0.25) is 9.78 Å². The number of hydrogen-bond acceptors (Lipinski definition) is 5. The average molecular weight is 470 g/mol. The van der Waals surface area contributed by atoms with Gasteiger partial charge < -0.3 is 15.5 Å². The highest BCUT2D eigenvalue weighted by Crippen LogP contribution is 2.46. The number of carbonyl (C=O) groups excluding carboxylic acids is 1. The van der Waals surface area contributed by atoms with Crippen LogP contribution in [-0.4, -0.2) is 52.6 Å². The number of alkyl halides is 3. The molecule has 3 aromatic rings. The number of hydrogen-bond donors (Lipinski definition) is 1. The number of nitrogen functional groups attached to an aromatic ring is 1. The molecule has 1 amide bonds. The summed E-state index contributed by atoms with van der Waals surface area (Å²) in [6, 6.07) is 9.67. The Hall–Kier alpha value is -3.36. The molecule has 2 aromatic heterocycles. The number of benzene rings is 1. The number of fused-ring (bicyclic) bond motifs is 1. The summed E-state index contributed by atoms with van der Waals surface area (Å²) in [5, 5.41) is 2.12. The van der Waals surface area contributed by atoms with E-state index < -0.39 is 18.5 Å². The summed E-state index contributed by atoms with van der Waals surface area (Å²) >= 11 is 0. The van der Waals surface area contributed by atoms with E-state index in [2.05, 4.69) is 11.1 Å². The molecular weight excluding hydrogens is 443 g/mol. The van der Waals surface area contributed by atoms with Crippen molar-refractivity contribution in [3.8, 4) is 11.1 Å². The van der Waals surface area contributed by atoms with E-state index in [-0.39, 0.29) is 12.6 Å². The van der Waals surface area contributed by atoms with Crippen LogP contribution in [0.5, 0.6) is 0 Å². The van der Waals surface area contributed by atoms with Crippen molar-refractivity contribution in [3.05, 3.63) is 48.4 Å². The Morgan fingerprint density at radius 3 is 2.68 bits per heavy atom. The van der Waals surface area contributed by atoms with Crippen molar-refractivity contribution in [2.24, 2.45) is 0 Å². The number of piperazine rings is 1. The average Bonchev–Trinajstić information content (AvgIpc) is 3.62. The van der Waals surface area contributed by atoms with E-state index in [0.717, 1.165) is 40.4 Å². The van der Waals surface area contributed by atoms with Gasteiger partial charge in [0.25, 0.3) is 0 Å². The van der Waals surface area contributed by atoms with Crippen molar-refractivity contribution in [2.45, 2.75) is 44.3 Å². The minimum Gasteiger partial charge on any atom is -0.396 e. The second-order valence-electron chi connectivity index (χ2n) is 9.18.